The monoisotopic (exact) mass is 508 g/mol. The van der Waals surface area contributed by atoms with Gasteiger partial charge in [-0.2, -0.15) is 0 Å². The Labute approximate surface area is 217 Å². The Morgan fingerprint density at radius 2 is 1.95 bits per heavy atom. The van der Waals surface area contributed by atoms with Gasteiger partial charge < -0.3 is 26.0 Å². The largest absolute Gasteiger partial charge is 0.444 e. The summed E-state index contributed by atoms with van der Waals surface area (Å²) in [6.07, 6.45) is 4.72. The number of nitrogens with two attached hydrogens (primary N) is 1. The topological polar surface area (TPSA) is 140 Å². The van der Waals surface area contributed by atoms with E-state index in [9.17, 15) is 14.4 Å². The zero-order valence-electron chi connectivity index (χ0n) is 21.7. The summed E-state index contributed by atoms with van der Waals surface area (Å²) >= 11 is 0. The van der Waals surface area contributed by atoms with Gasteiger partial charge in [0, 0.05) is 30.9 Å². The molecule has 0 spiro atoms. The van der Waals surface area contributed by atoms with E-state index in [1.165, 1.54) is 0 Å². The second kappa shape index (κ2) is 11.1. The van der Waals surface area contributed by atoms with Gasteiger partial charge in [-0.1, -0.05) is 30.3 Å². The van der Waals surface area contributed by atoms with E-state index in [0.29, 0.717) is 32.2 Å². The molecule has 198 valence electrons. The first-order valence-electron chi connectivity index (χ1n) is 12.8. The smallest absolute Gasteiger partial charge is 0.408 e. The number of amides is 3. The standard InChI is InChI=1S/C27H36N6O4/c1-27(2,3)37-26(36)32-21(14-17-8-5-4-6-9-17)24(35)33-13-7-10-22(33)23(34)30-19-11-12-20-18(15-19)16-29-25(28)31-20/h4-6,8-9,16,19,21-22H,7,10-15H2,1-3H3,(H,30,34)(H,32,36)(H2,28,29,31)/t19?,21-,22+/m1/s1. The molecule has 0 bridgehead atoms. The van der Waals surface area contributed by atoms with Crippen LogP contribution in [0.2, 0.25) is 0 Å². The highest BCUT2D eigenvalue weighted by Crippen LogP contribution is 2.23. The summed E-state index contributed by atoms with van der Waals surface area (Å²) < 4.78 is 5.41. The summed E-state index contributed by atoms with van der Waals surface area (Å²) in [5, 5.41) is 5.88. The van der Waals surface area contributed by atoms with Gasteiger partial charge in [-0.05, 0) is 64.0 Å². The fourth-order valence-electron chi connectivity index (χ4n) is 4.95. The number of hydrogen-bond donors (Lipinski definition) is 3. The molecule has 1 aromatic heterocycles. The van der Waals surface area contributed by atoms with Crippen LogP contribution < -0.4 is 16.4 Å². The summed E-state index contributed by atoms with van der Waals surface area (Å²) in [7, 11) is 0. The maximum atomic E-state index is 13.7. The first kappa shape index (κ1) is 26.4. The molecule has 3 amide bonds. The minimum Gasteiger partial charge on any atom is -0.444 e. The van der Waals surface area contributed by atoms with Crippen molar-refractivity contribution >= 4 is 23.9 Å². The number of aromatic nitrogens is 2. The molecule has 4 N–H and O–H groups in total. The third-order valence-corrected chi connectivity index (χ3v) is 6.63. The molecule has 4 rings (SSSR count). The van der Waals surface area contributed by atoms with Gasteiger partial charge in [0.25, 0.3) is 0 Å². The van der Waals surface area contributed by atoms with Gasteiger partial charge in [-0.3, -0.25) is 9.59 Å². The predicted octanol–water partition coefficient (Wildman–Crippen LogP) is 2.16. The van der Waals surface area contributed by atoms with Crippen molar-refractivity contribution in [2.24, 2.45) is 0 Å². The van der Waals surface area contributed by atoms with Gasteiger partial charge in [-0.25, -0.2) is 14.8 Å². The van der Waals surface area contributed by atoms with Crippen molar-refractivity contribution in [2.75, 3.05) is 12.3 Å². The van der Waals surface area contributed by atoms with Crippen LogP contribution in [0.3, 0.4) is 0 Å². The van der Waals surface area contributed by atoms with Crippen LogP contribution in [0.25, 0.3) is 0 Å². The number of carbonyl (C=O) groups is 3. The summed E-state index contributed by atoms with van der Waals surface area (Å²) in [5.74, 6) is -0.206. The quantitative estimate of drug-likeness (QED) is 0.543. The lowest BCUT2D eigenvalue weighted by atomic mass is 9.92. The molecule has 2 aliphatic rings. The molecule has 1 aliphatic carbocycles. The Morgan fingerprint density at radius 1 is 1.19 bits per heavy atom. The summed E-state index contributed by atoms with van der Waals surface area (Å²) in [6.45, 7) is 5.77. The van der Waals surface area contributed by atoms with E-state index in [1.54, 1.807) is 31.9 Å². The van der Waals surface area contributed by atoms with Crippen molar-refractivity contribution < 1.29 is 19.1 Å². The van der Waals surface area contributed by atoms with E-state index in [2.05, 4.69) is 20.6 Å². The summed E-state index contributed by atoms with van der Waals surface area (Å²) in [6, 6.07) is 7.98. The molecule has 1 saturated heterocycles. The molecule has 0 saturated carbocycles. The molecule has 1 aromatic carbocycles. The fourth-order valence-corrected chi connectivity index (χ4v) is 4.95. The number of aryl methyl sites for hydroxylation is 1. The van der Waals surface area contributed by atoms with Gasteiger partial charge in [0.2, 0.25) is 17.8 Å². The van der Waals surface area contributed by atoms with Crippen LogP contribution in [-0.2, 0) is 33.6 Å². The number of nitrogen functional groups attached to an aromatic ring is 1. The molecule has 2 aromatic rings. The highest BCUT2D eigenvalue weighted by Gasteiger charge is 2.39. The first-order chi connectivity index (χ1) is 17.6. The van der Waals surface area contributed by atoms with Crippen LogP contribution in [0.15, 0.2) is 36.5 Å². The van der Waals surface area contributed by atoms with E-state index in [1.807, 2.05) is 30.3 Å². The van der Waals surface area contributed by atoms with E-state index in [0.717, 1.165) is 29.7 Å². The molecule has 10 heteroatoms. The second-order valence-corrected chi connectivity index (χ2v) is 10.7. The van der Waals surface area contributed by atoms with Crippen LogP contribution in [-0.4, -0.2) is 63.0 Å². The van der Waals surface area contributed by atoms with E-state index in [-0.39, 0.29) is 23.8 Å². The van der Waals surface area contributed by atoms with Crippen LogP contribution >= 0.6 is 0 Å². The molecule has 10 nitrogen and oxygen atoms in total. The number of likely N-dealkylation sites (tertiary alicyclic amines) is 1. The van der Waals surface area contributed by atoms with Crippen molar-refractivity contribution in [1.82, 2.24) is 25.5 Å². The summed E-state index contributed by atoms with van der Waals surface area (Å²) in [4.78, 5) is 49.6. The predicted molar refractivity (Wildman–Crippen MR) is 138 cm³/mol. The third kappa shape index (κ3) is 6.96. The Morgan fingerprint density at radius 3 is 2.68 bits per heavy atom. The maximum absolute atomic E-state index is 13.7. The number of anilines is 1. The lowest BCUT2D eigenvalue weighted by molar-refractivity contribution is -0.140. The Kier molecular flexibility index (Phi) is 7.94. The molecule has 3 atom stereocenters. The average Bonchev–Trinajstić information content (AvgIpc) is 3.33. The van der Waals surface area contributed by atoms with Gasteiger partial charge in [0.1, 0.15) is 17.7 Å². The van der Waals surface area contributed by atoms with Gasteiger partial charge in [0.05, 0.1) is 0 Å². The van der Waals surface area contributed by atoms with Crippen molar-refractivity contribution in [3.8, 4) is 0 Å². The molecule has 1 unspecified atom stereocenters. The Balaban J connectivity index is 1.44. The molecule has 0 radical (unpaired) electrons. The molecule has 37 heavy (non-hydrogen) atoms. The van der Waals surface area contributed by atoms with Crippen LogP contribution in [0.5, 0.6) is 0 Å². The first-order valence-corrected chi connectivity index (χ1v) is 12.8. The number of fused-ring (bicyclic) bond motifs is 1. The minimum absolute atomic E-state index is 0.0650. The van der Waals surface area contributed by atoms with Crippen molar-refractivity contribution in [1.29, 1.82) is 0 Å². The van der Waals surface area contributed by atoms with Crippen molar-refractivity contribution in [3.05, 3.63) is 53.3 Å². The Bertz CT molecular complexity index is 1130. The zero-order valence-corrected chi connectivity index (χ0v) is 21.7. The Hall–Kier alpha value is -3.69. The van der Waals surface area contributed by atoms with Crippen LogP contribution in [0, 0.1) is 0 Å². The number of carbonyl (C=O) groups excluding carboxylic acids is 3. The van der Waals surface area contributed by atoms with E-state index in [4.69, 9.17) is 10.5 Å². The second-order valence-electron chi connectivity index (χ2n) is 10.7. The van der Waals surface area contributed by atoms with E-state index >= 15 is 0 Å². The molecule has 2 heterocycles. The molecule has 1 aliphatic heterocycles. The lowest BCUT2D eigenvalue weighted by Crippen LogP contribution is -2.55. The highest BCUT2D eigenvalue weighted by molar-refractivity contribution is 5.92. The number of ether oxygens (including phenoxy) is 1. The summed E-state index contributed by atoms with van der Waals surface area (Å²) in [5.41, 5.74) is 7.80. The number of rotatable bonds is 6. The molecular formula is C27H36N6O4. The number of benzene rings is 1. The van der Waals surface area contributed by atoms with Gasteiger partial charge in [0.15, 0.2) is 0 Å². The number of hydrogen-bond acceptors (Lipinski definition) is 7. The van der Waals surface area contributed by atoms with Crippen LogP contribution in [0.4, 0.5) is 10.7 Å². The fraction of sp³-hybridized carbons (Fsp3) is 0.519. The third-order valence-electron chi connectivity index (χ3n) is 6.63. The molecular weight excluding hydrogens is 472 g/mol. The number of alkyl carbamates (subject to hydrolysis) is 1. The zero-order chi connectivity index (χ0) is 26.6. The lowest BCUT2D eigenvalue weighted by Gasteiger charge is -2.31. The maximum Gasteiger partial charge on any atom is 0.408 e. The van der Waals surface area contributed by atoms with Gasteiger partial charge in [-0.15, -0.1) is 0 Å². The number of nitrogens with one attached hydrogen (secondary N) is 2. The normalized spacial score (nSPS) is 20.0. The minimum atomic E-state index is -0.852. The average molecular weight is 509 g/mol. The number of nitrogens with zero attached hydrogens (tertiary/aromatic N) is 3. The van der Waals surface area contributed by atoms with Gasteiger partial charge >= 0.3 is 6.09 Å². The molecule has 1 fully saturated rings. The SMILES string of the molecule is CC(C)(C)OC(=O)N[C@H](Cc1ccccc1)C(=O)N1CCC[C@H]1C(=O)NC1CCc2nc(N)ncc2C1. The van der Waals surface area contributed by atoms with Crippen molar-refractivity contribution in [3.63, 3.8) is 0 Å². The highest BCUT2D eigenvalue weighted by atomic mass is 16.6. The van der Waals surface area contributed by atoms with E-state index < -0.39 is 23.8 Å². The van der Waals surface area contributed by atoms with Crippen molar-refractivity contribution in [2.45, 2.75) is 83.0 Å². The van der Waals surface area contributed by atoms with Crippen LogP contribution in [0.1, 0.15) is 56.9 Å².